The van der Waals surface area contributed by atoms with Crippen molar-refractivity contribution >= 4 is 34.0 Å². The molecule has 2 aromatic rings. The van der Waals surface area contributed by atoms with Gasteiger partial charge in [-0.3, -0.25) is 4.79 Å². The van der Waals surface area contributed by atoms with E-state index in [-0.39, 0.29) is 5.91 Å². The van der Waals surface area contributed by atoms with Gasteiger partial charge in [0, 0.05) is 5.02 Å². The first-order chi connectivity index (χ1) is 11.1. The van der Waals surface area contributed by atoms with Gasteiger partial charge in [-0.1, -0.05) is 54.3 Å². The maximum atomic E-state index is 13.0. The van der Waals surface area contributed by atoms with Crippen molar-refractivity contribution < 1.29 is 4.79 Å². The molecule has 122 valence electrons. The number of aromatic nitrogens is 2. The number of rotatable bonds is 4. The van der Waals surface area contributed by atoms with Crippen LogP contribution in [0.1, 0.15) is 42.7 Å². The van der Waals surface area contributed by atoms with Gasteiger partial charge in [0.1, 0.15) is 5.01 Å². The second-order valence-corrected chi connectivity index (χ2v) is 7.40. The Morgan fingerprint density at radius 2 is 1.91 bits per heavy atom. The maximum absolute atomic E-state index is 13.0. The molecule has 0 radical (unpaired) electrons. The first kappa shape index (κ1) is 16.2. The summed E-state index contributed by atoms with van der Waals surface area (Å²) in [5.41, 5.74) is 6.14. The van der Waals surface area contributed by atoms with Crippen molar-refractivity contribution in [3.63, 3.8) is 0 Å². The number of carbonyl (C=O) groups is 1. The largest absolute Gasteiger partial charge is 0.374 e. The van der Waals surface area contributed by atoms with Crippen LogP contribution in [0.15, 0.2) is 24.3 Å². The minimum Gasteiger partial charge on any atom is -0.374 e. The smallest absolute Gasteiger partial charge is 0.231 e. The van der Waals surface area contributed by atoms with Crippen LogP contribution in [0.2, 0.25) is 5.02 Å². The predicted octanol–water partition coefficient (Wildman–Crippen LogP) is 3.29. The van der Waals surface area contributed by atoms with Crippen LogP contribution in [0, 0.1) is 0 Å². The molecule has 1 aromatic carbocycles. The summed E-state index contributed by atoms with van der Waals surface area (Å²) in [5.74, 6) is 0.0493. The van der Waals surface area contributed by atoms with E-state index in [0.29, 0.717) is 16.7 Å². The summed E-state index contributed by atoms with van der Waals surface area (Å²) < 4.78 is 0. The molecule has 1 saturated carbocycles. The lowest BCUT2D eigenvalue weighted by Gasteiger charge is -2.36. The third-order valence-electron chi connectivity index (χ3n) is 4.42. The van der Waals surface area contributed by atoms with Crippen molar-refractivity contribution in [1.82, 2.24) is 15.5 Å². The number of amides is 1. The molecule has 23 heavy (non-hydrogen) atoms. The van der Waals surface area contributed by atoms with Crippen LogP contribution in [0.4, 0.5) is 5.13 Å². The fourth-order valence-electron chi connectivity index (χ4n) is 3.23. The molecule has 3 rings (SSSR count). The van der Waals surface area contributed by atoms with Crippen molar-refractivity contribution in [3.05, 3.63) is 39.9 Å². The summed E-state index contributed by atoms with van der Waals surface area (Å²) in [7, 11) is 0. The zero-order valence-electron chi connectivity index (χ0n) is 12.7. The quantitative estimate of drug-likeness (QED) is 0.886. The molecular weight excluding hydrogens is 332 g/mol. The molecule has 0 aliphatic heterocycles. The number of nitrogen functional groups attached to an aromatic ring is 1. The van der Waals surface area contributed by atoms with Crippen molar-refractivity contribution in [1.29, 1.82) is 0 Å². The lowest BCUT2D eigenvalue weighted by Crippen LogP contribution is -2.45. The number of benzene rings is 1. The monoisotopic (exact) mass is 350 g/mol. The van der Waals surface area contributed by atoms with Gasteiger partial charge in [0.2, 0.25) is 11.0 Å². The Labute approximate surface area is 144 Å². The van der Waals surface area contributed by atoms with E-state index in [2.05, 4.69) is 15.5 Å². The second kappa shape index (κ2) is 6.84. The molecule has 0 spiro atoms. The summed E-state index contributed by atoms with van der Waals surface area (Å²) in [6.07, 6.45) is 5.01. The third kappa shape index (κ3) is 3.48. The maximum Gasteiger partial charge on any atom is 0.231 e. The molecule has 0 unspecified atom stereocenters. The Balaban J connectivity index is 1.80. The van der Waals surface area contributed by atoms with Gasteiger partial charge in [0.15, 0.2) is 0 Å². The summed E-state index contributed by atoms with van der Waals surface area (Å²) in [6, 6.07) is 7.64. The van der Waals surface area contributed by atoms with E-state index in [9.17, 15) is 4.79 Å². The van der Waals surface area contributed by atoms with Crippen LogP contribution in [-0.2, 0) is 16.8 Å². The molecule has 5 nitrogen and oxygen atoms in total. The molecular formula is C16H19ClN4OS. The average molecular weight is 351 g/mol. The van der Waals surface area contributed by atoms with Gasteiger partial charge in [-0.2, -0.15) is 0 Å². The van der Waals surface area contributed by atoms with Crippen molar-refractivity contribution in [2.45, 2.75) is 44.1 Å². The Morgan fingerprint density at radius 3 is 2.52 bits per heavy atom. The Kier molecular flexibility index (Phi) is 4.82. The zero-order valence-corrected chi connectivity index (χ0v) is 14.3. The summed E-state index contributed by atoms with van der Waals surface area (Å²) >= 11 is 7.29. The lowest BCUT2D eigenvalue weighted by atomic mass is 9.68. The topological polar surface area (TPSA) is 80.9 Å². The van der Waals surface area contributed by atoms with Gasteiger partial charge < -0.3 is 11.1 Å². The highest BCUT2D eigenvalue weighted by Crippen LogP contribution is 2.40. The van der Waals surface area contributed by atoms with Crippen molar-refractivity contribution in [2.24, 2.45) is 0 Å². The summed E-state index contributed by atoms with van der Waals surface area (Å²) in [4.78, 5) is 13.0. The highest BCUT2D eigenvalue weighted by atomic mass is 35.5. The van der Waals surface area contributed by atoms with E-state index >= 15 is 0 Å². The highest BCUT2D eigenvalue weighted by Gasteiger charge is 2.40. The molecule has 1 aliphatic carbocycles. The van der Waals surface area contributed by atoms with Crippen LogP contribution in [0.25, 0.3) is 0 Å². The number of anilines is 1. The van der Waals surface area contributed by atoms with Crippen LogP contribution in [0.3, 0.4) is 0 Å². The molecule has 0 atom stereocenters. The fraction of sp³-hybridized carbons (Fsp3) is 0.438. The number of hydrogen-bond donors (Lipinski definition) is 2. The van der Waals surface area contributed by atoms with Crippen LogP contribution in [0.5, 0.6) is 0 Å². The SMILES string of the molecule is Nc1nnc(CNC(=O)C2(c3ccc(Cl)cc3)CCCCC2)s1. The third-order valence-corrected chi connectivity index (χ3v) is 5.43. The van der Waals surface area contributed by atoms with Crippen molar-refractivity contribution in [3.8, 4) is 0 Å². The second-order valence-electron chi connectivity index (χ2n) is 5.87. The van der Waals surface area contributed by atoms with E-state index in [1.165, 1.54) is 17.8 Å². The summed E-state index contributed by atoms with van der Waals surface area (Å²) in [6.45, 7) is 0.364. The van der Waals surface area contributed by atoms with Gasteiger partial charge >= 0.3 is 0 Å². The first-order valence-electron chi connectivity index (χ1n) is 7.72. The van der Waals surface area contributed by atoms with Crippen molar-refractivity contribution in [2.75, 3.05) is 5.73 Å². The Hall–Kier alpha value is -1.66. The van der Waals surface area contributed by atoms with Gasteiger partial charge in [0.05, 0.1) is 12.0 Å². The number of halogens is 1. The molecule has 1 aliphatic rings. The molecule has 0 saturated heterocycles. The number of carbonyl (C=O) groups excluding carboxylic acids is 1. The van der Waals surface area contributed by atoms with Gasteiger partial charge in [-0.15, -0.1) is 10.2 Å². The molecule has 1 amide bonds. The highest BCUT2D eigenvalue weighted by molar-refractivity contribution is 7.15. The number of nitrogens with one attached hydrogen (secondary N) is 1. The minimum atomic E-state index is -0.473. The zero-order chi connectivity index (χ0) is 16.3. The molecule has 7 heteroatoms. The summed E-state index contributed by atoms with van der Waals surface area (Å²) in [5, 5.41) is 12.6. The molecule has 1 aromatic heterocycles. The van der Waals surface area contributed by atoms with E-state index in [4.69, 9.17) is 17.3 Å². The number of hydrogen-bond acceptors (Lipinski definition) is 5. The first-order valence-corrected chi connectivity index (χ1v) is 8.92. The minimum absolute atomic E-state index is 0.0493. The van der Waals surface area contributed by atoms with Crippen LogP contribution in [-0.4, -0.2) is 16.1 Å². The lowest BCUT2D eigenvalue weighted by molar-refractivity contribution is -0.128. The standard InChI is InChI=1S/C16H19ClN4OS/c17-12-6-4-11(5-7-12)16(8-2-1-3-9-16)14(22)19-10-13-20-21-15(18)23-13/h4-7H,1-3,8-10H2,(H2,18,21)(H,19,22). The molecule has 1 fully saturated rings. The average Bonchev–Trinajstić information content (AvgIpc) is 2.99. The van der Waals surface area contributed by atoms with E-state index < -0.39 is 5.41 Å². The van der Waals surface area contributed by atoms with E-state index in [1.54, 1.807) is 0 Å². The molecule has 0 bridgehead atoms. The number of nitrogens with two attached hydrogens (primary N) is 1. The van der Waals surface area contributed by atoms with Gasteiger partial charge in [-0.05, 0) is 30.5 Å². The Morgan fingerprint density at radius 1 is 1.22 bits per heavy atom. The van der Waals surface area contributed by atoms with Gasteiger partial charge in [-0.25, -0.2) is 0 Å². The Bertz CT molecular complexity index is 680. The molecule has 1 heterocycles. The fourth-order valence-corrected chi connectivity index (χ4v) is 3.91. The normalized spacial score (nSPS) is 16.9. The van der Waals surface area contributed by atoms with E-state index in [1.807, 2.05) is 24.3 Å². The van der Waals surface area contributed by atoms with Crippen LogP contribution < -0.4 is 11.1 Å². The molecule has 3 N–H and O–H groups in total. The number of nitrogens with zero attached hydrogens (tertiary/aromatic N) is 2. The van der Waals surface area contributed by atoms with Gasteiger partial charge in [0.25, 0.3) is 0 Å². The van der Waals surface area contributed by atoms with Crippen LogP contribution >= 0.6 is 22.9 Å². The predicted molar refractivity (Wildman–Crippen MR) is 92.4 cm³/mol. The van der Waals surface area contributed by atoms with E-state index in [0.717, 1.165) is 36.3 Å².